The van der Waals surface area contributed by atoms with Gasteiger partial charge in [0.15, 0.2) is 0 Å². The van der Waals surface area contributed by atoms with Crippen LogP contribution in [0.15, 0.2) is 24.3 Å². The predicted octanol–water partition coefficient (Wildman–Crippen LogP) is 5.09. The molecule has 4 bridgehead atoms. The van der Waals surface area contributed by atoms with E-state index in [9.17, 15) is 4.79 Å². The van der Waals surface area contributed by atoms with Crippen molar-refractivity contribution in [3.05, 3.63) is 35.4 Å². The summed E-state index contributed by atoms with van der Waals surface area (Å²) in [6.07, 6.45) is 9.56. The fourth-order valence-electron chi connectivity index (χ4n) is 8.20. The number of nitrogens with zero attached hydrogens (tertiary/aromatic N) is 1. The van der Waals surface area contributed by atoms with E-state index in [-0.39, 0.29) is 10.8 Å². The molecular weight excluding hydrogens is 330 g/mol. The van der Waals surface area contributed by atoms with E-state index < -0.39 is 0 Å². The molecule has 6 aliphatic rings. The minimum absolute atomic E-state index is 0.198. The summed E-state index contributed by atoms with van der Waals surface area (Å²) in [7, 11) is 0. The van der Waals surface area contributed by atoms with Crippen LogP contribution >= 0.6 is 0 Å². The lowest BCUT2D eigenvalue weighted by molar-refractivity contribution is -0.195. The van der Waals surface area contributed by atoms with Gasteiger partial charge >= 0.3 is 0 Å². The highest BCUT2D eigenvalue weighted by molar-refractivity contribution is 5.91. The van der Waals surface area contributed by atoms with Gasteiger partial charge in [-0.15, -0.1) is 0 Å². The normalized spacial score (nSPS) is 42.9. The van der Waals surface area contributed by atoms with Crippen molar-refractivity contribution >= 4 is 5.91 Å². The van der Waals surface area contributed by atoms with Crippen LogP contribution < -0.4 is 0 Å². The van der Waals surface area contributed by atoms with Crippen molar-refractivity contribution in [1.29, 1.82) is 0 Å². The summed E-state index contributed by atoms with van der Waals surface area (Å²) < 4.78 is 0. The van der Waals surface area contributed by atoms with E-state index in [4.69, 9.17) is 0 Å². The van der Waals surface area contributed by atoms with Gasteiger partial charge in [-0.3, -0.25) is 4.79 Å². The van der Waals surface area contributed by atoms with Crippen molar-refractivity contribution in [1.82, 2.24) is 4.90 Å². The Morgan fingerprint density at radius 1 is 0.889 bits per heavy atom. The van der Waals surface area contributed by atoms with Crippen LogP contribution in [0.1, 0.15) is 69.9 Å². The average Bonchev–Trinajstić information content (AvgIpc) is 3.41. The topological polar surface area (TPSA) is 20.3 Å². The molecule has 2 heteroatoms. The Kier molecular flexibility index (Phi) is 3.19. The first kappa shape index (κ1) is 16.6. The average molecular weight is 364 g/mol. The number of β-lactam (4-membered cyclic amide) rings is 1. The number of carbonyl (C=O) groups is 1. The van der Waals surface area contributed by atoms with E-state index in [1.807, 2.05) is 0 Å². The monoisotopic (exact) mass is 363 g/mol. The molecule has 0 radical (unpaired) electrons. The third kappa shape index (κ3) is 2.11. The summed E-state index contributed by atoms with van der Waals surface area (Å²) in [4.78, 5) is 15.9. The van der Waals surface area contributed by atoms with E-state index in [2.05, 4.69) is 49.9 Å². The summed E-state index contributed by atoms with van der Waals surface area (Å²) in [6.45, 7) is 6.61. The molecule has 7 rings (SSSR count). The number of benzene rings is 1. The fraction of sp³-hybridized carbons (Fsp3) is 0.720. The van der Waals surface area contributed by atoms with Crippen molar-refractivity contribution < 1.29 is 4.79 Å². The lowest BCUT2D eigenvalue weighted by Gasteiger charge is -2.66. The Morgan fingerprint density at radius 2 is 1.44 bits per heavy atom. The highest BCUT2D eigenvalue weighted by Gasteiger charge is 2.70. The molecule has 144 valence electrons. The molecule has 1 amide bonds. The second-order valence-electron chi connectivity index (χ2n) is 11.3. The first-order chi connectivity index (χ1) is 12.9. The third-order valence-corrected chi connectivity index (χ3v) is 9.18. The number of likely N-dealkylation sites (tertiary alicyclic amines) is 1. The number of carbonyl (C=O) groups excluding carboxylic acids is 1. The van der Waals surface area contributed by atoms with Crippen LogP contribution in [-0.2, 0) is 10.2 Å². The molecule has 5 aliphatic carbocycles. The predicted molar refractivity (Wildman–Crippen MR) is 107 cm³/mol. The molecule has 2 nitrogen and oxygen atoms in total. The van der Waals surface area contributed by atoms with Crippen LogP contribution in [0.4, 0.5) is 0 Å². The zero-order valence-electron chi connectivity index (χ0n) is 17.1. The van der Waals surface area contributed by atoms with Crippen molar-refractivity contribution in [3.8, 4) is 0 Å². The van der Waals surface area contributed by atoms with Gasteiger partial charge in [0.05, 0.1) is 11.5 Å². The second-order valence-corrected chi connectivity index (χ2v) is 11.3. The lowest BCUT2D eigenvalue weighted by atomic mass is 9.52. The maximum atomic E-state index is 13.4. The molecule has 1 aromatic carbocycles. The molecule has 1 atom stereocenters. The van der Waals surface area contributed by atoms with Gasteiger partial charge in [-0.05, 0) is 95.0 Å². The van der Waals surface area contributed by atoms with Crippen LogP contribution in [0.25, 0.3) is 0 Å². The van der Waals surface area contributed by atoms with Gasteiger partial charge in [-0.25, -0.2) is 0 Å². The fourth-order valence-corrected chi connectivity index (χ4v) is 8.20. The molecule has 0 N–H and O–H groups in total. The Balaban J connectivity index is 1.37. The number of amides is 1. The summed E-state index contributed by atoms with van der Waals surface area (Å²) in [5, 5.41) is 0. The molecular formula is C25H33NO. The third-order valence-electron chi connectivity index (χ3n) is 9.18. The molecule has 1 saturated heterocycles. The largest absolute Gasteiger partial charge is 0.334 e. The van der Waals surface area contributed by atoms with Crippen molar-refractivity contribution in [3.63, 3.8) is 0 Å². The SMILES string of the molecule is Cc1ccc(C2(C3N(C4C5CC6CC(C5)CC4C6)C(=O)C3(C)C)CC2)cc1. The quantitative estimate of drug-likeness (QED) is 0.685. The van der Waals surface area contributed by atoms with Gasteiger partial charge in [0.25, 0.3) is 0 Å². The molecule has 1 aliphatic heterocycles. The van der Waals surface area contributed by atoms with Gasteiger partial charge < -0.3 is 4.90 Å². The van der Waals surface area contributed by atoms with Crippen LogP contribution in [0, 0.1) is 36.0 Å². The van der Waals surface area contributed by atoms with Crippen molar-refractivity contribution in [2.24, 2.45) is 29.1 Å². The summed E-state index contributed by atoms with van der Waals surface area (Å²) in [5.74, 6) is 3.97. The first-order valence-electron chi connectivity index (χ1n) is 11.3. The van der Waals surface area contributed by atoms with Crippen molar-refractivity contribution in [2.75, 3.05) is 0 Å². The van der Waals surface area contributed by atoms with Gasteiger partial charge in [-0.1, -0.05) is 29.8 Å². The van der Waals surface area contributed by atoms with E-state index in [0.717, 1.165) is 23.7 Å². The van der Waals surface area contributed by atoms with E-state index in [1.54, 1.807) is 0 Å². The summed E-state index contributed by atoms with van der Waals surface area (Å²) >= 11 is 0. The smallest absolute Gasteiger partial charge is 0.230 e. The maximum Gasteiger partial charge on any atom is 0.230 e. The number of hydrogen-bond acceptors (Lipinski definition) is 1. The number of hydrogen-bond donors (Lipinski definition) is 0. The van der Waals surface area contributed by atoms with Gasteiger partial charge in [0, 0.05) is 11.5 Å². The lowest BCUT2D eigenvalue weighted by Crippen LogP contribution is -2.76. The second kappa shape index (κ2) is 5.19. The summed E-state index contributed by atoms with van der Waals surface area (Å²) in [5.41, 5.74) is 2.83. The van der Waals surface area contributed by atoms with Crippen LogP contribution in [-0.4, -0.2) is 22.9 Å². The van der Waals surface area contributed by atoms with Crippen LogP contribution in [0.5, 0.6) is 0 Å². The van der Waals surface area contributed by atoms with Gasteiger partial charge in [0.1, 0.15) is 0 Å². The Bertz CT molecular complexity index is 759. The van der Waals surface area contributed by atoms with Crippen molar-refractivity contribution in [2.45, 2.75) is 83.2 Å². The first-order valence-corrected chi connectivity index (χ1v) is 11.3. The molecule has 1 aromatic rings. The Labute approximate surface area is 163 Å². The zero-order chi connectivity index (χ0) is 18.6. The maximum absolute atomic E-state index is 13.4. The van der Waals surface area contributed by atoms with Crippen LogP contribution in [0.2, 0.25) is 0 Å². The number of aryl methyl sites for hydroxylation is 1. The standard InChI is InChI=1S/C25H33NO/c1-15-4-6-20(7-5-15)25(8-9-25)22-24(2,3)23(27)26(22)21-18-11-16-10-17(13-18)14-19(21)12-16/h4-7,16-19,21-22H,8-14H2,1-3H3. The molecule has 6 fully saturated rings. The highest BCUT2D eigenvalue weighted by atomic mass is 16.2. The highest BCUT2D eigenvalue weighted by Crippen LogP contribution is 2.65. The molecule has 5 saturated carbocycles. The van der Waals surface area contributed by atoms with E-state index >= 15 is 0 Å². The molecule has 27 heavy (non-hydrogen) atoms. The Hall–Kier alpha value is -1.31. The van der Waals surface area contributed by atoms with Crippen LogP contribution in [0.3, 0.4) is 0 Å². The minimum atomic E-state index is -0.198. The minimum Gasteiger partial charge on any atom is -0.334 e. The molecule has 1 heterocycles. The number of rotatable bonds is 3. The molecule has 0 spiro atoms. The van der Waals surface area contributed by atoms with Gasteiger partial charge in [0.2, 0.25) is 5.91 Å². The van der Waals surface area contributed by atoms with E-state index in [0.29, 0.717) is 18.0 Å². The molecule has 1 unspecified atom stereocenters. The summed E-state index contributed by atoms with van der Waals surface area (Å²) in [6, 6.07) is 10.2. The van der Waals surface area contributed by atoms with Gasteiger partial charge in [-0.2, -0.15) is 0 Å². The molecule has 0 aromatic heterocycles. The zero-order valence-corrected chi connectivity index (χ0v) is 17.1. The van der Waals surface area contributed by atoms with E-state index in [1.165, 1.54) is 56.1 Å². The Morgan fingerprint density at radius 3 is 1.96 bits per heavy atom.